The first-order valence-corrected chi connectivity index (χ1v) is 12.1. The monoisotopic (exact) mass is 460 g/mol. The van der Waals surface area contributed by atoms with Crippen molar-refractivity contribution in [1.29, 1.82) is 0 Å². The molecule has 0 spiro atoms. The maximum atomic E-state index is 12.4. The van der Waals surface area contributed by atoms with E-state index in [4.69, 9.17) is 9.47 Å². The lowest BCUT2D eigenvalue weighted by molar-refractivity contribution is -0.129. The third-order valence-electron chi connectivity index (χ3n) is 6.19. The molecule has 4 rings (SSSR count). The van der Waals surface area contributed by atoms with Crippen LogP contribution in [0.3, 0.4) is 0 Å². The second-order valence-electron chi connectivity index (χ2n) is 9.69. The first-order valence-electron chi connectivity index (χ1n) is 11.3. The van der Waals surface area contributed by atoms with E-state index in [-0.39, 0.29) is 24.1 Å². The Morgan fingerprint density at radius 3 is 2.56 bits per heavy atom. The molecule has 2 aromatic rings. The van der Waals surface area contributed by atoms with Gasteiger partial charge >= 0.3 is 6.09 Å². The molecule has 0 unspecified atom stereocenters. The third-order valence-corrected chi connectivity index (χ3v) is 7.39. The van der Waals surface area contributed by atoms with Crippen LogP contribution in [0, 0.1) is 0 Å². The van der Waals surface area contributed by atoms with Crippen molar-refractivity contribution in [1.82, 2.24) is 19.8 Å². The number of nitrogens with zero attached hydrogens (tertiary/aromatic N) is 4. The number of carbonyl (C=O) groups is 2. The largest absolute Gasteiger partial charge is 0.474 e. The Labute approximate surface area is 192 Å². The van der Waals surface area contributed by atoms with Gasteiger partial charge in [-0.1, -0.05) is 0 Å². The van der Waals surface area contributed by atoms with E-state index in [2.05, 4.69) is 9.97 Å². The normalized spacial score (nSPS) is 21.2. The van der Waals surface area contributed by atoms with Gasteiger partial charge in [-0.05, 0) is 52.9 Å². The number of fused-ring (bicyclic) bond motifs is 3. The number of ether oxygens (including phenoxy) is 2. The minimum Gasteiger partial charge on any atom is -0.474 e. The highest BCUT2D eigenvalue weighted by molar-refractivity contribution is 7.18. The fraction of sp³-hybridized carbons (Fsp3) is 0.652. The molecule has 2 aliphatic rings. The summed E-state index contributed by atoms with van der Waals surface area (Å²) < 4.78 is 11.9. The van der Waals surface area contributed by atoms with Gasteiger partial charge in [-0.2, -0.15) is 0 Å². The Bertz CT molecular complexity index is 1010. The van der Waals surface area contributed by atoms with E-state index >= 15 is 0 Å². The van der Waals surface area contributed by atoms with Crippen LogP contribution in [0.1, 0.15) is 63.8 Å². The number of aromatic nitrogens is 2. The van der Waals surface area contributed by atoms with E-state index in [0.717, 1.165) is 54.4 Å². The first-order chi connectivity index (χ1) is 15.1. The molecule has 8 nitrogen and oxygen atoms in total. The lowest BCUT2D eigenvalue weighted by Crippen LogP contribution is -2.43. The summed E-state index contributed by atoms with van der Waals surface area (Å²) in [6, 6.07) is 0.146. The van der Waals surface area contributed by atoms with Crippen molar-refractivity contribution in [2.75, 3.05) is 13.6 Å². The van der Waals surface area contributed by atoms with Gasteiger partial charge in [0, 0.05) is 43.5 Å². The van der Waals surface area contributed by atoms with Gasteiger partial charge in [0.2, 0.25) is 11.8 Å². The third kappa shape index (κ3) is 4.82. The van der Waals surface area contributed by atoms with Gasteiger partial charge in [-0.15, -0.1) is 11.3 Å². The number of thiophene rings is 1. The summed E-state index contributed by atoms with van der Waals surface area (Å²) in [6.07, 6.45) is 5.56. The molecule has 1 aliphatic heterocycles. The van der Waals surface area contributed by atoms with Crippen molar-refractivity contribution >= 4 is 33.6 Å². The summed E-state index contributed by atoms with van der Waals surface area (Å²) in [5.41, 5.74) is 0.627. The van der Waals surface area contributed by atoms with Crippen LogP contribution in [-0.2, 0) is 22.5 Å². The lowest BCUT2D eigenvalue weighted by Gasteiger charge is -2.35. The second-order valence-corrected chi connectivity index (χ2v) is 10.8. The molecule has 1 saturated carbocycles. The zero-order valence-corrected chi connectivity index (χ0v) is 20.3. The fourth-order valence-electron chi connectivity index (χ4n) is 4.43. The van der Waals surface area contributed by atoms with Crippen LogP contribution in [0.5, 0.6) is 5.88 Å². The summed E-state index contributed by atoms with van der Waals surface area (Å²) in [4.78, 5) is 39.0. The Morgan fingerprint density at radius 2 is 1.91 bits per heavy atom. The quantitative estimate of drug-likeness (QED) is 0.684. The molecule has 0 aromatic carbocycles. The molecule has 2 aromatic heterocycles. The van der Waals surface area contributed by atoms with Crippen molar-refractivity contribution in [3.63, 3.8) is 0 Å². The SMILES string of the molecule is CC(=O)N1CCc2sc3ncnc(O[C@H]4CC[C@H](N(C)C(=O)OC(C)(C)C)CC4)c3c2C1. The van der Waals surface area contributed by atoms with E-state index < -0.39 is 5.60 Å². The van der Waals surface area contributed by atoms with Crippen molar-refractivity contribution < 1.29 is 19.1 Å². The Balaban J connectivity index is 1.44. The van der Waals surface area contributed by atoms with E-state index in [1.807, 2.05) is 32.7 Å². The van der Waals surface area contributed by atoms with Crippen LogP contribution >= 0.6 is 11.3 Å². The first kappa shape index (κ1) is 22.8. The smallest absolute Gasteiger partial charge is 0.410 e. The summed E-state index contributed by atoms with van der Waals surface area (Å²) >= 11 is 1.67. The minimum absolute atomic E-state index is 0.0411. The van der Waals surface area contributed by atoms with E-state index in [0.29, 0.717) is 12.4 Å². The Kier molecular flexibility index (Phi) is 6.29. The highest BCUT2D eigenvalue weighted by atomic mass is 32.1. The minimum atomic E-state index is -0.498. The Morgan fingerprint density at radius 1 is 1.19 bits per heavy atom. The van der Waals surface area contributed by atoms with Crippen LogP contribution in [0.25, 0.3) is 10.2 Å². The second kappa shape index (κ2) is 8.84. The molecule has 3 heterocycles. The van der Waals surface area contributed by atoms with Gasteiger partial charge in [0.05, 0.1) is 5.39 Å². The number of hydrogen-bond acceptors (Lipinski definition) is 7. The maximum absolute atomic E-state index is 12.4. The molecular weight excluding hydrogens is 428 g/mol. The van der Waals surface area contributed by atoms with E-state index in [1.54, 1.807) is 29.5 Å². The van der Waals surface area contributed by atoms with Crippen molar-refractivity contribution in [3.05, 3.63) is 16.8 Å². The van der Waals surface area contributed by atoms with E-state index in [9.17, 15) is 9.59 Å². The molecule has 1 aliphatic carbocycles. The summed E-state index contributed by atoms with van der Waals surface area (Å²) in [5.74, 6) is 0.698. The molecule has 0 saturated heterocycles. The number of rotatable bonds is 3. The van der Waals surface area contributed by atoms with Gasteiger partial charge in [-0.3, -0.25) is 4.79 Å². The Hall–Kier alpha value is -2.42. The molecule has 0 N–H and O–H groups in total. The molecule has 0 bridgehead atoms. The zero-order valence-electron chi connectivity index (χ0n) is 19.5. The van der Waals surface area contributed by atoms with Gasteiger partial charge in [0.25, 0.3) is 0 Å². The van der Waals surface area contributed by atoms with Crippen LogP contribution in [-0.4, -0.2) is 63.1 Å². The molecule has 1 fully saturated rings. The highest BCUT2D eigenvalue weighted by Gasteiger charge is 2.31. The summed E-state index contributed by atoms with van der Waals surface area (Å²) in [5, 5.41) is 0.950. The number of amides is 2. The molecule has 9 heteroatoms. The van der Waals surface area contributed by atoms with Crippen molar-refractivity contribution in [2.45, 2.75) is 84.1 Å². The lowest BCUT2D eigenvalue weighted by atomic mass is 9.92. The van der Waals surface area contributed by atoms with Gasteiger partial charge < -0.3 is 19.3 Å². The van der Waals surface area contributed by atoms with Crippen molar-refractivity contribution in [2.24, 2.45) is 0 Å². The maximum Gasteiger partial charge on any atom is 0.410 e. The van der Waals surface area contributed by atoms with Crippen LogP contribution in [0.15, 0.2) is 6.33 Å². The number of hydrogen-bond donors (Lipinski definition) is 0. The molecule has 32 heavy (non-hydrogen) atoms. The van der Waals surface area contributed by atoms with Crippen molar-refractivity contribution in [3.8, 4) is 5.88 Å². The predicted octanol–water partition coefficient (Wildman–Crippen LogP) is 4.15. The zero-order chi connectivity index (χ0) is 23.0. The average Bonchev–Trinajstić information content (AvgIpc) is 3.11. The van der Waals surface area contributed by atoms with Crippen LogP contribution < -0.4 is 4.74 Å². The molecule has 0 atom stereocenters. The standard InChI is InChI=1S/C23H32N4O4S/c1-14(28)27-11-10-18-17(12-27)19-20(24-13-25-21(19)32-18)30-16-8-6-15(7-9-16)26(5)22(29)31-23(2,3)4/h13,15-16H,6-12H2,1-5H3/t15-,16-. The predicted molar refractivity (Wildman–Crippen MR) is 123 cm³/mol. The van der Waals surface area contributed by atoms with Gasteiger partial charge in [-0.25, -0.2) is 14.8 Å². The summed E-state index contributed by atoms with van der Waals surface area (Å²) in [7, 11) is 1.81. The number of carbonyl (C=O) groups excluding carboxylic acids is 2. The fourth-order valence-corrected chi connectivity index (χ4v) is 5.56. The highest BCUT2D eigenvalue weighted by Crippen LogP contribution is 2.39. The average molecular weight is 461 g/mol. The topological polar surface area (TPSA) is 84.9 Å². The molecule has 2 amide bonds. The summed E-state index contributed by atoms with van der Waals surface area (Å²) in [6.45, 7) is 8.58. The van der Waals surface area contributed by atoms with Gasteiger partial charge in [0.15, 0.2) is 0 Å². The molecular formula is C23H32N4O4S. The molecule has 174 valence electrons. The van der Waals surface area contributed by atoms with Gasteiger partial charge in [0.1, 0.15) is 22.9 Å². The van der Waals surface area contributed by atoms with E-state index in [1.165, 1.54) is 4.88 Å². The van der Waals surface area contributed by atoms with Crippen LogP contribution in [0.4, 0.5) is 4.79 Å². The van der Waals surface area contributed by atoms with Crippen LogP contribution in [0.2, 0.25) is 0 Å². The molecule has 0 radical (unpaired) electrons.